The van der Waals surface area contributed by atoms with E-state index in [-0.39, 0.29) is 11.7 Å². The number of carbonyl (C=O) groups is 1. The normalized spacial score (nSPS) is 10.4. The molecule has 0 bridgehead atoms. The molecule has 2 aromatic heterocycles. The quantitative estimate of drug-likeness (QED) is 0.791. The van der Waals surface area contributed by atoms with Crippen LogP contribution in [0, 0.1) is 6.92 Å². The van der Waals surface area contributed by atoms with Crippen LogP contribution in [0.3, 0.4) is 0 Å². The fourth-order valence-electron chi connectivity index (χ4n) is 1.76. The average Bonchev–Trinajstić information content (AvgIpc) is 3.09. The summed E-state index contributed by atoms with van der Waals surface area (Å²) in [6, 6.07) is 12.9. The van der Waals surface area contributed by atoms with Gasteiger partial charge in [-0.2, -0.15) is 5.10 Å². The van der Waals surface area contributed by atoms with Gasteiger partial charge in [0.05, 0.1) is 11.4 Å². The zero-order valence-electron chi connectivity index (χ0n) is 10.8. The molecule has 0 unspecified atom stereocenters. The van der Waals surface area contributed by atoms with E-state index in [1.165, 1.54) is 0 Å². The molecule has 3 aromatic rings. The standard InChI is InChI=1S/C14H12N4O2/c1-10-9-12(20-17-10)14(19)15-13-7-8-18(16-13)11-5-3-2-4-6-11/h2-9H,1H3,(H,15,16,19). The summed E-state index contributed by atoms with van der Waals surface area (Å²) in [5.41, 5.74) is 1.58. The summed E-state index contributed by atoms with van der Waals surface area (Å²) in [5, 5.41) is 10.6. The van der Waals surface area contributed by atoms with Gasteiger partial charge in [-0.15, -0.1) is 0 Å². The highest BCUT2D eigenvalue weighted by molar-refractivity contribution is 6.01. The van der Waals surface area contributed by atoms with Crippen LogP contribution in [0.4, 0.5) is 5.82 Å². The summed E-state index contributed by atoms with van der Waals surface area (Å²) in [7, 11) is 0. The molecule has 0 atom stereocenters. The number of aryl methyl sites for hydroxylation is 1. The molecule has 1 amide bonds. The Morgan fingerprint density at radius 1 is 1.25 bits per heavy atom. The van der Waals surface area contributed by atoms with Gasteiger partial charge in [0.15, 0.2) is 5.82 Å². The highest BCUT2D eigenvalue weighted by Gasteiger charge is 2.13. The van der Waals surface area contributed by atoms with E-state index in [0.717, 1.165) is 5.69 Å². The number of nitrogens with one attached hydrogen (secondary N) is 1. The topological polar surface area (TPSA) is 73.0 Å². The number of anilines is 1. The number of benzene rings is 1. The summed E-state index contributed by atoms with van der Waals surface area (Å²) < 4.78 is 6.57. The third-order valence-corrected chi connectivity index (χ3v) is 2.70. The van der Waals surface area contributed by atoms with Crippen LogP contribution in [0.25, 0.3) is 5.69 Å². The lowest BCUT2D eigenvalue weighted by Crippen LogP contribution is -2.11. The molecule has 0 aliphatic heterocycles. The van der Waals surface area contributed by atoms with Gasteiger partial charge < -0.3 is 9.84 Å². The van der Waals surface area contributed by atoms with E-state index in [1.807, 2.05) is 30.3 Å². The van der Waals surface area contributed by atoms with Crippen molar-refractivity contribution >= 4 is 11.7 Å². The molecule has 0 aliphatic carbocycles. The minimum Gasteiger partial charge on any atom is -0.351 e. The van der Waals surface area contributed by atoms with Crippen molar-refractivity contribution in [3.63, 3.8) is 0 Å². The maximum atomic E-state index is 11.9. The molecule has 100 valence electrons. The Morgan fingerprint density at radius 3 is 2.75 bits per heavy atom. The van der Waals surface area contributed by atoms with Crippen LogP contribution in [0.2, 0.25) is 0 Å². The summed E-state index contributed by atoms with van der Waals surface area (Å²) in [4.78, 5) is 11.9. The van der Waals surface area contributed by atoms with Crippen LogP contribution in [0.5, 0.6) is 0 Å². The van der Waals surface area contributed by atoms with Crippen LogP contribution in [-0.2, 0) is 0 Å². The van der Waals surface area contributed by atoms with E-state index in [1.54, 1.807) is 29.9 Å². The van der Waals surface area contributed by atoms with E-state index in [0.29, 0.717) is 11.5 Å². The van der Waals surface area contributed by atoms with Crippen molar-refractivity contribution in [2.45, 2.75) is 6.92 Å². The lowest BCUT2D eigenvalue weighted by Gasteiger charge is -2.00. The second-order valence-corrected chi connectivity index (χ2v) is 4.27. The Bertz CT molecular complexity index is 730. The molecule has 6 heteroatoms. The molecule has 0 aliphatic rings. The zero-order valence-corrected chi connectivity index (χ0v) is 10.8. The highest BCUT2D eigenvalue weighted by atomic mass is 16.5. The molecular weight excluding hydrogens is 256 g/mol. The first-order chi connectivity index (χ1) is 9.72. The van der Waals surface area contributed by atoms with Crippen molar-refractivity contribution in [1.82, 2.24) is 14.9 Å². The molecule has 0 saturated carbocycles. The first kappa shape index (κ1) is 12.2. The Kier molecular flexibility index (Phi) is 3.04. The fourth-order valence-corrected chi connectivity index (χ4v) is 1.76. The number of amides is 1. The van der Waals surface area contributed by atoms with Crippen LogP contribution in [-0.4, -0.2) is 20.8 Å². The van der Waals surface area contributed by atoms with Gasteiger partial charge in [-0.3, -0.25) is 4.79 Å². The number of nitrogens with zero attached hydrogens (tertiary/aromatic N) is 3. The van der Waals surface area contributed by atoms with Gasteiger partial charge in [-0.05, 0) is 19.1 Å². The van der Waals surface area contributed by atoms with Crippen LogP contribution in [0.1, 0.15) is 16.2 Å². The van der Waals surface area contributed by atoms with Crippen molar-refractivity contribution in [3.05, 3.63) is 60.1 Å². The van der Waals surface area contributed by atoms with Gasteiger partial charge in [-0.1, -0.05) is 23.4 Å². The largest absolute Gasteiger partial charge is 0.351 e. The number of rotatable bonds is 3. The van der Waals surface area contributed by atoms with Gasteiger partial charge in [0.2, 0.25) is 5.76 Å². The highest BCUT2D eigenvalue weighted by Crippen LogP contribution is 2.11. The fraction of sp³-hybridized carbons (Fsp3) is 0.0714. The van der Waals surface area contributed by atoms with Crippen molar-refractivity contribution in [1.29, 1.82) is 0 Å². The Labute approximate surface area is 115 Å². The lowest BCUT2D eigenvalue weighted by molar-refractivity contribution is 0.0987. The summed E-state index contributed by atoms with van der Waals surface area (Å²) in [6.45, 7) is 1.75. The number of hydrogen-bond acceptors (Lipinski definition) is 4. The minimum absolute atomic E-state index is 0.164. The van der Waals surface area contributed by atoms with E-state index < -0.39 is 0 Å². The zero-order chi connectivity index (χ0) is 13.9. The van der Waals surface area contributed by atoms with Gasteiger partial charge in [0.1, 0.15) is 0 Å². The van der Waals surface area contributed by atoms with Crippen molar-refractivity contribution in [3.8, 4) is 5.69 Å². The summed E-state index contributed by atoms with van der Waals surface area (Å²) in [6.07, 6.45) is 1.77. The van der Waals surface area contributed by atoms with Gasteiger partial charge in [-0.25, -0.2) is 4.68 Å². The van der Waals surface area contributed by atoms with Gasteiger partial charge in [0, 0.05) is 18.3 Å². The number of aromatic nitrogens is 3. The Hall–Kier alpha value is -2.89. The molecule has 0 fully saturated rings. The number of para-hydroxylation sites is 1. The van der Waals surface area contributed by atoms with E-state index >= 15 is 0 Å². The summed E-state index contributed by atoms with van der Waals surface area (Å²) in [5.74, 6) is 0.244. The van der Waals surface area contributed by atoms with Crippen molar-refractivity contribution in [2.75, 3.05) is 5.32 Å². The first-order valence-electron chi connectivity index (χ1n) is 6.08. The molecule has 0 spiro atoms. The predicted octanol–water partition coefficient (Wildman–Crippen LogP) is 2.42. The average molecular weight is 268 g/mol. The lowest BCUT2D eigenvalue weighted by atomic mass is 10.3. The third kappa shape index (κ3) is 2.44. The maximum absolute atomic E-state index is 11.9. The maximum Gasteiger partial charge on any atom is 0.295 e. The predicted molar refractivity (Wildman–Crippen MR) is 72.8 cm³/mol. The monoisotopic (exact) mass is 268 g/mol. The molecule has 0 radical (unpaired) electrons. The van der Waals surface area contributed by atoms with Gasteiger partial charge in [0.25, 0.3) is 5.91 Å². The molecule has 3 rings (SSSR count). The Morgan fingerprint density at radius 2 is 2.05 bits per heavy atom. The molecule has 6 nitrogen and oxygen atoms in total. The molecular formula is C14H12N4O2. The number of carbonyl (C=O) groups excluding carboxylic acids is 1. The van der Waals surface area contributed by atoms with E-state index in [4.69, 9.17) is 4.52 Å². The molecule has 1 N–H and O–H groups in total. The smallest absolute Gasteiger partial charge is 0.295 e. The SMILES string of the molecule is Cc1cc(C(=O)Nc2ccn(-c3ccccc3)n2)on1. The van der Waals surface area contributed by atoms with Crippen LogP contribution < -0.4 is 5.32 Å². The third-order valence-electron chi connectivity index (χ3n) is 2.70. The number of hydrogen-bond donors (Lipinski definition) is 1. The Balaban J connectivity index is 1.76. The second-order valence-electron chi connectivity index (χ2n) is 4.27. The van der Waals surface area contributed by atoms with Gasteiger partial charge >= 0.3 is 0 Å². The minimum atomic E-state index is -0.371. The molecule has 20 heavy (non-hydrogen) atoms. The van der Waals surface area contributed by atoms with Crippen LogP contribution in [0.15, 0.2) is 53.2 Å². The van der Waals surface area contributed by atoms with Crippen molar-refractivity contribution < 1.29 is 9.32 Å². The molecule has 1 aromatic carbocycles. The molecule has 2 heterocycles. The van der Waals surface area contributed by atoms with E-state index in [9.17, 15) is 4.79 Å². The summed E-state index contributed by atoms with van der Waals surface area (Å²) >= 11 is 0. The van der Waals surface area contributed by atoms with Crippen molar-refractivity contribution in [2.24, 2.45) is 0 Å². The van der Waals surface area contributed by atoms with Crippen LogP contribution >= 0.6 is 0 Å². The molecule has 0 saturated heterocycles. The van der Waals surface area contributed by atoms with E-state index in [2.05, 4.69) is 15.6 Å². The second kappa shape index (κ2) is 5.00. The first-order valence-corrected chi connectivity index (χ1v) is 6.08.